The minimum Gasteiger partial charge on any atom is -0.358 e. The fourth-order valence-electron chi connectivity index (χ4n) is 3.58. The molecular weight excluding hydrogens is 466 g/mol. The van der Waals surface area contributed by atoms with Gasteiger partial charge in [0.25, 0.3) is 0 Å². The molecule has 3 aromatic rings. The molecule has 8 nitrogen and oxygen atoms in total. The lowest BCUT2D eigenvalue weighted by Gasteiger charge is -2.18. The highest BCUT2D eigenvalue weighted by Crippen LogP contribution is 2.22. The second-order valence-electron chi connectivity index (χ2n) is 8.23. The number of benzene rings is 3. The maximum Gasteiger partial charge on any atom is 0.243 e. The first-order valence-electron chi connectivity index (χ1n) is 11.1. The molecule has 184 valence electrons. The molecule has 35 heavy (non-hydrogen) atoms. The molecule has 3 aromatic carbocycles. The van der Waals surface area contributed by atoms with E-state index in [2.05, 4.69) is 10.0 Å². The van der Waals surface area contributed by atoms with Crippen LogP contribution < -0.4 is 15.5 Å². The van der Waals surface area contributed by atoms with E-state index in [-0.39, 0.29) is 17.7 Å². The van der Waals surface area contributed by atoms with E-state index in [1.165, 1.54) is 19.2 Å². The highest BCUT2D eigenvalue weighted by molar-refractivity contribution is 7.89. The first-order chi connectivity index (χ1) is 16.7. The molecule has 4 N–H and O–H groups in total. The lowest BCUT2D eigenvalue weighted by Crippen LogP contribution is -2.46. The van der Waals surface area contributed by atoms with Crippen LogP contribution in [0.5, 0.6) is 0 Å². The number of nitrogens with one attached hydrogen (secondary N) is 3. The summed E-state index contributed by atoms with van der Waals surface area (Å²) in [6, 6.07) is 20.8. The van der Waals surface area contributed by atoms with Gasteiger partial charge in [0.15, 0.2) is 0 Å². The Kier molecular flexibility index (Phi) is 8.75. The number of amides is 2. The number of aryl methyl sites for hydroxylation is 2. The van der Waals surface area contributed by atoms with Crippen LogP contribution >= 0.6 is 0 Å². The van der Waals surface area contributed by atoms with Crippen molar-refractivity contribution in [3.63, 3.8) is 0 Å². The van der Waals surface area contributed by atoms with E-state index in [0.29, 0.717) is 6.42 Å². The lowest BCUT2D eigenvalue weighted by molar-refractivity contribution is -0.129. The second-order valence-corrected chi connectivity index (χ2v) is 9.95. The Bertz CT molecular complexity index is 1260. The Morgan fingerprint density at radius 2 is 1.40 bits per heavy atom. The molecule has 1 atom stereocenters. The maximum atomic E-state index is 12.8. The Labute approximate surface area is 205 Å². The molecule has 0 aliphatic carbocycles. The van der Waals surface area contributed by atoms with Crippen molar-refractivity contribution in [3.8, 4) is 11.1 Å². The summed E-state index contributed by atoms with van der Waals surface area (Å²) in [5.41, 5.74) is 6.29. The number of hydrogen-bond acceptors (Lipinski definition) is 5. The summed E-state index contributed by atoms with van der Waals surface area (Å²) >= 11 is 0. The van der Waals surface area contributed by atoms with Crippen LogP contribution in [0.4, 0.5) is 0 Å². The van der Waals surface area contributed by atoms with Crippen molar-refractivity contribution in [2.24, 2.45) is 0 Å². The molecule has 0 heterocycles. The van der Waals surface area contributed by atoms with Crippen molar-refractivity contribution < 1.29 is 23.2 Å². The Morgan fingerprint density at radius 3 is 1.91 bits per heavy atom. The van der Waals surface area contributed by atoms with Crippen molar-refractivity contribution in [2.45, 2.75) is 37.1 Å². The molecule has 0 spiro atoms. The van der Waals surface area contributed by atoms with E-state index in [1.807, 2.05) is 55.5 Å². The molecule has 0 unspecified atom stereocenters. The number of carbonyl (C=O) groups is 2. The molecule has 0 aromatic heterocycles. The van der Waals surface area contributed by atoms with E-state index in [0.717, 1.165) is 27.8 Å². The van der Waals surface area contributed by atoms with Crippen LogP contribution in [0.25, 0.3) is 11.1 Å². The van der Waals surface area contributed by atoms with Crippen molar-refractivity contribution in [1.29, 1.82) is 0 Å². The van der Waals surface area contributed by atoms with Gasteiger partial charge in [-0.2, -0.15) is 4.72 Å². The van der Waals surface area contributed by atoms with Crippen LogP contribution in [0, 0.1) is 6.92 Å². The van der Waals surface area contributed by atoms with Crippen molar-refractivity contribution in [3.05, 3.63) is 89.5 Å². The minimum absolute atomic E-state index is 0.104. The topological polar surface area (TPSA) is 125 Å². The maximum absolute atomic E-state index is 12.8. The summed E-state index contributed by atoms with van der Waals surface area (Å²) in [4.78, 5) is 23.7. The average molecular weight is 496 g/mol. The van der Waals surface area contributed by atoms with E-state index in [9.17, 15) is 18.0 Å². The van der Waals surface area contributed by atoms with Gasteiger partial charge in [0, 0.05) is 13.5 Å². The summed E-state index contributed by atoms with van der Waals surface area (Å²) in [7, 11) is -2.40. The largest absolute Gasteiger partial charge is 0.358 e. The number of sulfonamides is 1. The SMILES string of the molecule is CNC(=O)[C@H](Cc1ccc(-c2ccc(CCC(=O)NO)cc2)cc1)NS(=O)(=O)c1ccc(C)cc1. The molecule has 0 fully saturated rings. The van der Waals surface area contributed by atoms with E-state index in [4.69, 9.17) is 5.21 Å². The van der Waals surface area contributed by atoms with Gasteiger partial charge in [0.2, 0.25) is 21.8 Å². The van der Waals surface area contributed by atoms with Gasteiger partial charge in [-0.05, 0) is 54.2 Å². The Hall–Kier alpha value is -3.53. The van der Waals surface area contributed by atoms with Gasteiger partial charge in [-0.15, -0.1) is 0 Å². The summed E-state index contributed by atoms with van der Waals surface area (Å²) in [5.74, 6) is -0.851. The molecule has 9 heteroatoms. The van der Waals surface area contributed by atoms with Crippen molar-refractivity contribution in [1.82, 2.24) is 15.5 Å². The smallest absolute Gasteiger partial charge is 0.243 e. The van der Waals surface area contributed by atoms with Gasteiger partial charge >= 0.3 is 0 Å². The molecule has 2 amide bonds. The number of hydroxylamine groups is 1. The monoisotopic (exact) mass is 495 g/mol. The number of hydrogen-bond donors (Lipinski definition) is 4. The molecule has 3 rings (SSSR count). The minimum atomic E-state index is -3.87. The van der Waals surface area contributed by atoms with E-state index in [1.54, 1.807) is 17.6 Å². The summed E-state index contributed by atoms with van der Waals surface area (Å²) < 4.78 is 28.1. The third-order valence-electron chi connectivity index (χ3n) is 5.64. The molecule has 0 radical (unpaired) electrons. The van der Waals surface area contributed by atoms with Crippen LogP contribution in [0.3, 0.4) is 0 Å². The third kappa shape index (κ3) is 7.22. The zero-order valence-corrected chi connectivity index (χ0v) is 20.4. The van der Waals surface area contributed by atoms with Gasteiger partial charge in [0.1, 0.15) is 6.04 Å². The van der Waals surface area contributed by atoms with Gasteiger partial charge in [-0.1, -0.05) is 66.2 Å². The molecule has 0 aliphatic heterocycles. The molecule has 0 aliphatic rings. The predicted octanol–water partition coefficient (Wildman–Crippen LogP) is 2.74. The summed E-state index contributed by atoms with van der Waals surface area (Å²) in [5, 5.41) is 11.1. The van der Waals surface area contributed by atoms with Gasteiger partial charge in [-0.25, -0.2) is 13.9 Å². The highest BCUT2D eigenvalue weighted by Gasteiger charge is 2.25. The zero-order valence-electron chi connectivity index (χ0n) is 19.6. The fourth-order valence-corrected chi connectivity index (χ4v) is 4.78. The quantitative estimate of drug-likeness (QED) is 0.254. The van der Waals surface area contributed by atoms with Gasteiger partial charge < -0.3 is 5.32 Å². The lowest BCUT2D eigenvalue weighted by atomic mass is 9.99. The van der Waals surface area contributed by atoms with Crippen LogP contribution in [-0.4, -0.2) is 38.5 Å². The Balaban J connectivity index is 1.70. The predicted molar refractivity (Wildman–Crippen MR) is 133 cm³/mol. The third-order valence-corrected chi connectivity index (χ3v) is 7.13. The first-order valence-corrected chi connectivity index (χ1v) is 12.6. The molecule has 0 saturated heterocycles. The van der Waals surface area contributed by atoms with Crippen LogP contribution in [0.2, 0.25) is 0 Å². The Morgan fingerprint density at radius 1 is 0.857 bits per heavy atom. The van der Waals surface area contributed by atoms with Crippen LogP contribution in [0.1, 0.15) is 23.1 Å². The zero-order chi connectivity index (χ0) is 25.4. The summed E-state index contributed by atoms with van der Waals surface area (Å²) in [6.07, 6.45) is 0.909. The first kappa shape index (κ1) is 26.1. The highest BCUT2D eigenvalue weighted by atomic mass is 32.2. The number of carbonyl (C=O) groups excluding carboxylic acids is 2. The summed E-state index contributed by atoms with van der Waals surface area (Å²) in [6.45, 7) is 1.87. The van der Waals surface area contributed by atoms with Crippen molar-refractivity contribution >= 4 is 21.8 Å². The van der Waals surface area contributed by atoms with E-state index < -0.39 is 27.9 Å². The van der Waals surface area contributed by atoms with Crippen LogP contribution in [-0.2, 0) is 32.5 Å². The molecule has 0 bridgehead atoms. The van der Waals surface area contributed by atoms with Crippen molar-refractivity contribution in [2.75, 3.05) is 7.05 Å². The average Bonchev–Trinajstić information content (AvgIpc) is 2.87. The number of likely N-dealkylation sites (N-methyl/N-ethyl adjacent to an activating group) is 1. The number of rotatable bonds is 10. The second kappa shape index (κ2) is 11.7. The normalized spacial score (nSPS) is 12.1. The van der Waals surface area contributed by atoms with E-state index >= 15 is 0 Å². The molecular formula is C26H29N3O5S. The fraction of sp³-hybridized carbons (Fsp3) is 0.231. The van der Waals surface area contributed by atoms with Gasteiger partial charge in [0.05, 0.1) is 4.90 Å². The van der Waals surface area contributed by atoms with Gasteiger partial charge in [-0.3, -0.25) is 14.8 Å². The molecule has 0 saturated carbocycles. The van der Waals surface area contributed by atoms with Crippen LogP contribution in [0.15, 0.2) is 77.7 Å². The standard InChI is InChI=1S/C26H29N3O5S/c1-18-3-14-23(15-4-18)35(33,34)29-24(26(31)27-2)17-20-7-12-22(13-8-20)21-10-5-19(6-11-21)9-16-25(30)28-32/h3-8,10-15,24,29,32H,9,16-17H2,1-2H3,(H,27,31)(H,28,30)/t24-/m0/s1.